The van der Waals surface area contributed by atoms with Gasteiger partial charge >= 0.3 is 0 Å². The van der Waals surface area contributed by atoms with Crippen molar-refractivity contribution in [3.8, 4) is 5.75 Å². The van der Waals surface area contributed by atoms with Crippen LogP contribution >= 0.6 is 0 Å². The van der Waals surface area contributed by atoms with Crippen LogP contribution in [-0.2, 0) is 11.3 Å². The Morgan fingerprint density at radius 2 is 2.17 bits per heavy atom. The van der Waals surface area contributed by atoms with Crippen LogP contribution < -0.4 is 15.8 Å². The van der Waals surface area contributed by atoms with Gasteiger partial charge in [-0.2, -0.15) is 9.49 Å². The molecule has 2 amide bonds. The van der Waals surface area contributed by atoms with Crippen molar-refractivity contribution in [1.29, 1.82) is 0 Å². The molecule has 150 valence electrons. The summed E-state index contributed by atoms with van der Waals surface area (Å²) in [4.78, 5) is 28.8. The number of benzene rings is 1. The Hall–Kier alpha value is -3.60. The van der Waals surface area contributed by atoms with Crippen molar-refractivity contribution in [3.63, 3.8) is 0 Å². The Morgan fingerprint density at radius 1 is 1.38 bits per heavy atom. The van der Waals surface area contributed by atoms with E-state index in [1.165, 1.54) is 30.0 Å². The number of hydrogen-bond donors (Lipinski definition) is 2. The lowest BCUT2D eigenvalue weighted by Gasteiger charge is -2.12. The number of halogens is 2. The third-order valence-electron chi connectivity index (χ3n) is 4.51. The van der Waals surface area contributed by atoms with Crippen LogP contribution in [0.3, 0.4) is 0 Å². The molecule has 1 atom stereocenters. The highest BCUT2D eigenvalue weighted by atomic mass is 19.2. The van der Waals surface area contributed by atoms with Gasteiger partial charge in [0, 0.05) is 18.9 Å². The minimum Gasteiger partial charge on any atom is -0.488 e. The van der Waals surface area contributed by atoms with E-state index in [0.29, 0.717) is 5.56 Å². The zero-order valence-corrected chi connectivity index (χ0v) is 15.1. The summed E-state index contributed by atoms with van der Waals surface area (Å²) < 4.78 is 38.6. The summed E-state index contributed by atoms with van der Waals surface area (Å²) in [6.07, 6.45) is 1.34. The predicted octanol–water partition coefficient (Wildman–Crippen LogP) is 1.12. The first-order valence-electron chi connectivity index (χ1n) is 8.49. The molecule has 0 radical (unpaired) electrons. The van der Waals surface area contributed by atoms with Crippen LogP contribution in [0.5, 0.6) is 5.75 Å². The van der Waals surface area contributed by atoms with E-state index >= 15 is 0 Å². The Bertz CT molecular complexity index is 1150. The third-order valence-corrected chi connectivity index (χ3v) is 4.51. The third kappa shape index (κ3) is 3.05. The van der Waals surface area contributed by atoms with E-state index in [9.17, 15) is 18.4 Å². The number of ether oxygens (including phenoxy) is 2. The van der Waals surface area contributed by atoms with Crippen molar-refractivity contribution in [1.82, 2.24) is 19.9 Å². The number of amides is 2. The number of hydrogen-bond acceptors (Lipinski definition) is 6. The Balaban J connectivity index is 1.70. The Labute approximate surface area is 162 Å². The van der Waals surface area contributed by atoms with Crippen LogP contribution in [0.2, 0.25) is 0 Å². The molecule has 1 aliphatic rings. The van der Waals surface area contributed by atoms with Crippen LogP contribution in [0.1, 0.15) is 38.1 Å². The van der Waals surface area contributed by atoms with Crippen molar-refractivity contribution in [2.45, 2.75) is 12.6 Å². The molecule has 0 saturated carbocycles. The number of nitrogens with zero attached hydrogens (tertiary/aromatic N) is 3. The van der Waals surface area contributed by atoms with Gasteiger partial charge in [-0.3, -0.25) is 9.59 Å². The number of carbonyl (C=O) groups excluding carboxylic acids is 2. The van der Waals surface area contributed by atoms with Crippen molar-refractivity contribution in [2.24, 2.45) is 5.73 Å². The summed E-state index contributed by atoms with van der Waals surface area (Å²) in [6.45, 7) is -0.0619. The number of methoxy groups -OCH3 is 1. The number of primary amides is 1. The average molecular weight is 403 g/mol. The molecule has 0 fully saturated rings. The number of fused-ring (bicyclic) bond motifs is 2. The molecule has 29 heavy (non-hydrogen) atoms. The first kappa shape index (κ1) is 18.7. The average Bonchev–Trinajstić information content (AvgIpc) is 3.26. The molecule has 2 aromatic heterocycles. The van der Waals surface area contributed by atoms with Crippen molar-refractivity contribution in [2.75, 3.05) is 13.7 Å². The summed E-state index contributed by atoms with van der Waals surface area (Å²) in [5, 5.41) is 6.91. The second-order valence-electron chi connectivity index (χ2n) is 6.30. The lowest BCUT2D eigenvalue weighted by molar-refractivity contribution is 0.0921. The standard InChI is InChI=1S/C18H15F2N5O4/c1-28-6-11-13(16(21)26)17-22-5-4-12(25(17)24-11)18(27)23-10-7-29-15-8(10)2-3-9(19)14(15)20/h2-5,10H,6-7H2,1H3,(H2,21,26)(H,23,27)/t10-/m0/s1. The van der Waals surface area contributed by atoms with Gasteiger partial charge < -0.3 is 20.5 Å². The van der Waals surface area contributed by atoms with Crippen LogP contribution in [0.15, 0.2) is 24.4 Å². The summed E-state index contributed by atoms with van der Waals surface area (Å²) in [6, 6.07) is 3.03. The molecule has 1 aliphatic heterocycles. The lowest BCUT2D eigenvalue weighted by Crippen LogP contribution is -2.31. The minimum atomic E-state index is -1.10. The van der Waals surface area contributed by atoms with Gasteiger partial charge in [0.1, 0.15) is 23.6 Å². The maximum Gasteiger partial charge on any atom is 0.270 e. The van der Waals surface area contributed by atoms with E-state index < -0.39 is 29.5 Å². The minimum absolute atomic E-state index is 0.00261. The first-order valence-corrected chi connectivity index (χ1v) is 8.49. The fourth-order valence-electron chi connectivity index (χ4n) is 3.23. The molecular weight excluding hydrogens is 388 g/mol. The maximum atomic E-state index is 13.8. The normalized spacial score (nSPS) is 15.2. The smallest absolute Gasteiger partial charge is 0.270 e. The van der Waals surface area contributed by atoms with Gasteiger partial charge in [0.15, 0.2) is 17.2 Å². The predicted molar refractivity (Wildman–Crippen MR) is 94.3 cm³/mol. The van der Waals surface area contributed by atoms with Gasteiger partial charge in [-0.25, -0.2) is 13.9 Å². The zero-order chi connectivity index (χ0) is 20.7. The van der Waals surface area contributed by atoms with Crippen molar-refractivity contribution < 1.29 is 27.8 Å². The molecule has 0 aliphatic carbocycles. The van der Waals surface area contributed by atoms with Gasteiger partial charge in [-0.05, 0) is 18.2 Å². The largest absolute Gasteiger partial charge is 0.488 e. The summed E-state index contributed by atoms with van der Waals surface area (Å²) in [7, 11) is 1.43. The molecule has 3 N–H and O–H groups in total. The number of nitrogens with two attached hydrogens (primary N) is 1. The molecule has 0 saturated heterocycles. The van der Waals surface area contributed by atoms with E-state index in [4.69, 9.17) is 15.2 Å². The summed E-state index contributed by atoms with van der Waals surface area (Å²) in [5.74, 6) is -3.70. The van der Waals surface area contributed by atoms with Gasteiger partial charge in [-0.15, -0.1) is 0 Å². The summed E-state index contributed by atoms with van der Waals surface area (Å²) >= 11 is 0. The highest BCUT2D eigenvalue weighted by molar-refractivity contribution is 6.01. The van der Waals surface area contributed by atoms with Gasteiger partial charge in [-0.1, -0.05) is 0 Å². The van der Waals surface area contributed by atoms with Crippen LogP contribution in [-0.4, -0.2) is 40.1 Å². The molecule has 3 aromatic rings. The molecule has 0 unspecified atom stereocenters. The van der Waals surface area contributed by atoms with Crippen molar-refractivity contribution in [3.05, 3.63) is 58.5 Å². The molecule has 1 aromatic carbocycles. The SMILES string of the molecule is COCc1nn2c(C(=O)N[C@H]3COc4c3ccc(F)c4F)ccnc2c1C(N)=O. The maximum absolute atomic E-state index is 13.8. The van der Waals surface area contributed by atoms with Gasteiger partial charge in [0.05, 0.1) is 12.6 Å². The van der Waals surface area contributed by atoms with E-state index in [2.05, 4.69) is 15.4 Å². The molecule has 4 rings (SSSR count). The Kier molecular flexibility index (Phi) is 4.59. The molecule has 3 heterocycles. The quantitative estimate of drug-likeness (QED) is 0.659. The molecule has 9 nitrogen and oxygen atoms in total. The fraction of sp³-hybridized carbons (Fsp3) is 0.222. The van der Waals surface area contributed by atoms with E-state index in [0.717, 1.165) is 6.07 Å². The zero-order valence-electron chi connectivity index (χ0n) is 15.1. The van der Waals surface area contributed by atoms with Crippen LogP contribution in [0.4, 0.5) is 8.78 Å². The van der Waals surface area contributed by atoms with Crippen molar-refractivity contribution >= 4 is 17.5 Å². The topological polar surface area (TPSA) is 121 Å². The highest BCUT2D eigenvalue weighted by Crippen LogP contribution is 2.35. The van der Waals surface area contributed by atoms with E-state index in [1.54, 1.807) is 0 Å². The second kappa shape index (κ2) is 7.09. The van der Waals surface area contributed by atoms with Crippen LogP contribution in [0.25, 0.3) is 5.65 Å². The lowest BCUT2D eigenvalue weighted by atomic mass is 10.1. The molecule has 11 heteroatoms. The first-order chi connectivity index (χ1) is 13.9. The molecule has 0 bridgehead atoms. The molecule has 0 spiro atoms. The van der Waals surface area contributed by atoms with Gasteiger partial charge in [0.25, 0.3) is 11.8 Å². The highest BCUT2D eigenvalue weighted by Gasteiger charge is 2.31. The molecular formula is C18H15F2N5O4. The second-order valence-corrected chi connectivity index (χ2v) is 6.30. The Morgan fingerprint density at radius 3 is 2.90 bits per heavy atom. The monoisotopic (exact) mass is 403 g/mol. The van der Waals surface area contributed by atoms with E-state index in [-0.39, 0.29) is 41.6 Å². The van der Waals surface area contributed by atoms with Gasteiger partial charge in [0.2, 0.25) is 5.82 Å². The fourth-order valence-corrected chi connectivity index (χ4v) is 3.23. The number of carbonyl (C=O) groups is 2. The number of nitrogens with one attached hydrogen (secondary N) is 1. The number of aromatic nitrogens is 3. The van der Waals surface area contributed by atoms with E-state index in [1.807, 2.05) is 0 Å². The summed E-state index contributed by atoms with van der Waals surface area (Å²) in [5.41, 5.74) is 6.20. The number of rotatable bonds is 5. The van der Waals surface area contributed by atoms with Crippen LogP contribution in [0, 0.1) is 11.6 Å².